The van der Waals surface area contributed by atoms with E-state index in [0.717, 1.165) is 6.07 Å². The molecular weight excluding hydrogens is 469 g/mol. The first-order valence-electron chi connectivity index (χ1n) is 10.7. The van der Waals surface area contributed by atoms with E-state index >= 15 is 0 Å². The minimum atomic E-state index is -0.854. The molecule has 1 amide bonds. The van der Waals surface area contributed by atoms with Crippen molar-refractivity contribution in [3.63, 3.8) is 0 Å². The number of nitrogens with zero attached hydrogens (tertiary/aromatic N) is 3. The molecule has 35 heavy (non-hydrogen) atoms. The van der Waals surface area contributed by atoms with Gasteiger partial charge in [0.1, 0.15) is 27.9 Å². The minimum Gasteiger partial charge on any atom is -0.457 e. The summed E-state index contributed by atoms with van der Waals surface area (Å²) in [5.41, 5.74) is 0.398. The Bertz CT molecular complexity index is 1660. The van der Waals surface area contributed by atoms with Crippen LogP contribution in [0.15, 0.2) is 82.0 Å². The Morgan fingerprint density at radius 1 is 0.971 bits per heavy atom. The van der Waals surface area contributed by atoms with Gasteiger partial charge in [0.25, 0.3) is 5.91 Å². The molecule has 5 aromatic rings. The van der Waals surface area contributed by atoms with Crippen LogP contribution in [0.3, 0.4) is 0 Å². The zero-order valence-electron chi connectivity index (χ0n) is 18.3. The minimum absolute atomic E-state index is 0.0635. The van der Waals surface area contributed by atoms with Crippen LogP contribution >= 0.6 is 11.3 Å². The van der Waals surface area contributed by atoms with Crippen LogP contribution in [-0.4, -0.2) is 16.1 Å². The van der Waals surface area contributed by atoms with E-state index in [0.29, 0.717) is 27.2 Å². The number of aryl methyl sites for hydroxylation is 1. The number of benzene rings is 3. The lowest BCUT2D eigenvalue weighted by atomic mass is 9.98. The molecule has 3 heterocycles. The topological polar surface area (TPSA) is 85.5 Å². The second-order valence-electron chi connectivity index (χ2n) is 7.98. The predicted octanol–water partition coefficient (Wildman–Crippen LogP) is 5.63. The molecule has 1 atom stereocenters. The largest absolute Gasteiger partial charge is 0.457 e. The smallest absolute Gasteiger partial charge is 0.297 e. The van der Waals surface area contributed by atoms with E-state index in [1.54, 1.807) is 31.2 Å². The van der Waals surface area contributed by atoms with Crippen LogP contribution in [-0.2, 0) is 0 Å². The van der Waals surface area contributed by atoms with Gasteiger partial charge in [-0.05, 0) is 55.0 Å². The number of halogens is 1. The van der Waals surface area contributed by atoms with Gasteiger partial charge in [0.05, 0.1) is 17.0 Å². The summed E-state index contributed by atoms with van der Waals surface area (Å²) in [6.07, 6.45) is 0. The third-order valence-electron chi connectivity index (χ3n) is 5.71. The highest BCUT2D eigenvalue weighted by Crippen LogP contribution is 2.43. The SMILES string of the molecule is Cc1nnc(N2C(=O)c3oc4ccc(F)cc4c(=O)c3C2c2cccc(Oc3ccccc3)c2)s1. The lowest BCUT2D eigenvalue weighted by Gasteiger charge is -2.22. The van der Waals surface area contributed by atoms with Crippen molar-refractivity contribution in [3.8, 4) is 11.5 Å². The molecule has 0 saturated heterocycles. The summed E-state index contributed by atoms with van der Waals surface area (Å²) < 4.78 is 25.8. The van der Waals surface area contributed by atoms with Crippen molar-refractivity contribution in [1.29, 1.82) is 0 Å². The fourth-order valence-corrected chi connectivity index (χ4v) is 4.93. The quantitative estimate of drug-likeness (QED) is 0.328. The molecule has 9 heteroatoms. The number of ether oxygens (including phenoxy) is 1. The molecule has 0 fully saturated rings. The molecule has 6 rings (SSSR count). The van der Waals surface area contributed by atoms with Gasteiger partial charge in [0.2, 0.25) is 10.9 Å². The van der Waals surface area contributed by atoms with Gasteiger partial charge >= 0.3 is 0 Å². The molecule has 0 aliphatic carbocycles. The summed E-state index contributed by atoms with van der Waals surface area (Å²) in [5, 5.41) is 9.24. The summed E-state index contributed by atoms with van der Waals surface area (Å²) in [5.74, 6) is -0.00923. The second kappa shape index (κ2) is 8.14. The predicted molar refractivity (Wildman–Crippen MR) is 129 cm³/mol. The number of anilines is 1. The number of fused-ring (bicyclic) bond motifs is 2. The number of amides is 1. The van der Waals surface area contributed by atoms with Gasteiger partial charge in [-0.15, -0.1) is 10.2 Å². The maximum Gasteiger partial charge on any atom is 0.297 e. The summed E-state index contributed by atoms with van der Waals surface area (Å²) in [7, 11) is 0. The van der Waals surface area contributed by atoms with E-state index in [1.165, 1.54) is 28.4 Å². The third kappa shape index (κ3) is 3.57. The highest BCUT2D eigenvalue weighted by molar-refractivity contribution is 7.15. The van der Waals surface area contributed by atoms with Crippen molar-refractivity contribution in [2.45, 2.75) is 13.0 Å². The Morgan fingerprint density at radius 3 is 2.54 bits per heavy atom. The van der Waals surface area contributed by atoms with Crippen molar-refractivity contribution in [2.75, 3.05) is 4.90 Å². The first-order valence-corrected chi connectivity index (χ1v) is 11.5. The van der Waals surface area contributed by atoms with Crippen LogP contribution in [0, 0.1) is 12.7 Å². The third-order valence-corrected chi connectivity index (χ3v) is 6.54. The van der Waals surface area contributed by atoms with E-state index in [9.17, 15) is 14.0 Å². The van der Waals surface area contributed by atoms with Gasteiger partial charge in [-0.3, -0.25) is 14.5 Å². The molecule has 7 nitrogen and oxygen atoms in total. The van der Waals surface area contributed by atoms with Crippen molar-refractivity contribution in [1.82, 2.24) is 10.2 Å². The van der Waals surface area contributed by atoms with Crippen molar-refractivity contribution < 1.29 is 18.3 Å². The van der Waals surface area contributed by atoms with E-state index in [4.69, 9.17) is 9.15 Å². The Labute approximate surface area is 202 Å². The molecule has 0 bridgehead atoms. The van der Waals surface area contributed by atoms with E-state index in [2.05, 4.69) is 10.2 Å². The van der Waals surface area contributed by atoms with Crippen molar-refractivity contribution >= 4 is 33.3 Å². The van der Waals surface area contributed by atoms with Crippen LogP contribution in [0.2, 0.25) is 0 Å². The fourth-order valence-electron chi connectivity index (χ4n) is 4.21. The molecule has 0 N–H and O–H groups in total. The average Bonchev–Trinajstić information content (AvgIpc) is 3.41. The van der Waals surface area contributed by atoms with E-state index in [-0.39, 0.29) is 22.3 Å². The fraction of sp³-hybridized carbons (Fsp3) is 0.0769. The molecule has 1 aliphatic heterocycles. The molecule has 2 aromatic heterocycles. The number of carbonyl (C=O) groups excluding carboxylic acids is 1. The molecular formula is C26H16FN3O4S. The van der Waals surface area contributed by atoms with Gasteiger partial charge in [0.15, 0.2) is 5.43 Å². The first-order chi connectivity index (χ1) is 17.0. The summed E-state index contributed by atoms with van der Waals surface area (Å²) in [4.78, 5) is 28.5. The highest BCUT2D eigenvalue weighted by Gasteiger charge is 2.45. The van der Waals surface area contributed by atoms with E-state index < -0.39 is 23.2 Å². The van der Waals surface area contributed by atoms with Crippen molar-refractivity contribution in [2.24, 2.45) is 0 Å². The maximum absolute atomic E-state index is 14.0. The lowest BCUT2D eigenvalue weighted by Crippen LogP contribution is -2.29. The second-order valence-corrected chi connectivity index (χ2v) is 9.14. The zero-order chi connectivity index (χ0) is 24.1. The van der Waals surface area contributed by atoms with Crippen LogP contribution < -0.4 is 15.1 Å². The number of para-hydroxylation sites is 1. The zero-order valence-corrected chi connectivity index (χ0v) is 19.1. The molecule has 0 radical (unpaired) electrons. The Kier molecular flexibility index (Phi) is 4.93. The Balaban J connectivity index is 1.55. The first kappa shape index (κ1) is 21.2. The van der Waals surface area contributed by atoms with E-state index in [1.807, 2.05) is 30.3 Å². The molecule has 3 aromatic carbocycles. The summed E-state index contributed by atoms with van der Waals surface area (Å²) in [6.45, 7) is 1.78. The average molecular weight is 485 g/mol. The number of carbonyl (C=O) groups is 1. The Morgan fingerprint density at radius 2 is 1.77 bits per heavy atom. The highest BCUT2D eigenvalue weighted by atomic mass is 32.1. The van der Waals surface area contributed by atoms with Crippen LogP contribution in [0.4, 0.5) is 9.52 Å². The standard InChI is InChI=1S/C26H16FN3O4S/c1-14-28-29-26(35-14)30-22(15-6-5-9-18(12-15)33-17-7-3-2-4-8-17)21-23(31)19-13-16(27)10-11-20(19)34-24(21)25(30)32/h2-13,22H,1H3. The van der Waals surface area contributed by atoms with Gasteiger partial charge in [-0.2, -0.15) is 0 Å². The van der Waals surface area contributed by atoms with Gasteiger partial charge in [-0.25, -0.2) is 4.39 Å². The van der Waals surface area contributed by atoms with Gasteiger partial charge in [-0.1, -0.05) is 41.7 Å². The lowest BCUT2D eigenvalue weighted by molar-refractivity contribution is 0.0970. The molecule has 0 spiro atoms. The van der Waals surface area contributed by atoms with Crippen LogP contribution in [0.5, 0.6) is 11.5 Å². The van der Waals surface area contributed by atoms with Gasteiger partial charge in [0, 0.05) is 0 Å². The number of aromatic nitrogens is 2. The molecule has 0 saturated carbocycles. The molecule has 1 aliphatic rings. The van der Waals surface area contributed by atoms with Crippen molar-refractivity contribution in [3.05, 3.63) is 111 Å². The maximum atomic E-state index is 14.0. The molecule has 1 unspecified atom stereocenters. The monoisotopic (exact) mass is 485 g/mol. The van der Waals surface area contributed by atoms with Crippen LogP contribution in [0.1, 0.15) is 32.7 Å². The molecule has 172 valence electrons. The number of hydrogen-bond acceptors (Lipinski definition) is 7. The summed E-state index contributed by atoms with van der Waals surface area (Å²) in [6, 6.07) is 19.2. The Hall–Kier alpha value is -4.37. The summed E-state index contributed by atoms with van der Waals surface area (Å²) >= 11 is 1.23. The number of rotatable bonds is 4. The van der Waals surface area contributed by atoms with Gasteiger partial charge < -0.3 is 9.15 Å². The van der Waals surface area contributed by atoms with Crippen LogP contribution in [0.25, 0.3) is 11.0 Å². The normalized spacial score (nSPS) is 15.0. The number of hydrogen-bond donors (Lipinski definition) is 0.